The van der Waals surface area contributed by atoms with E-state index in [1.165, 1.54) is 12.1 Å². The van der Waals surface area contributed by atoms with Crippen LogP contribution < -0.4 is 19.5 Å². The normalized spacial score (nSPS) is 14.3. The molecule has 0 bridgehead atoms. The summed E-state index contributed by atoms with van der Waals surface area (Å²) in [4.78, 5) is 12.1. The first kappa shape index (κ1) is 18.5. The Morgan fingerprint density at radius 1 is 1.23 bits per heavy atom. The van der Waals surface area contributed by atoms with Crippen LogP contribution in [0.15, 0.2) is 40.9 Å². The van der Waals surface area contributed by atoms with Gasteiger partial charge in [0.05, 0.1) is 19.3 Å². The van der Waals surface area contributed by atoms with Crippen molar-refractivity contribution >= 4 is 21.8 Å². The molecule has 3 rings (SSSR count). The monoisotopic (exact) mass is 423 g/mol. The molecule has 1 heterocycles. The third-order valence-electron chi connectivity index (χ3n) is 3.90. The van der Waals surface area contributed by atoms with E-state index >= 15 is 0 Å². The largest absolute Gasteiger partial charge is 0.490 e. The first-order valence-corrected chi connectivity index (χ1v) is 9.09. The minimum Gasteiger partial charge on any atom is -0.490 e. The molecule has 0 fully saturated rings. The second kappa shape index (κ2) is 8.40. The highest BCUT2D eigenvalue weighted by Crippen LogP contribution is 2.32. The number of fused-ring (bicyclic) bond motifs is 1. The standard InChI is InChI=1S/C19H19BrFNO4/c1-12(13-3-5-17-18(9-13)25-8-2-7-24-17)22-19(23)11-26-16-6-4-14(20)10-15(16)21/h3-6,9-10,12H,2,7-8,11H2,1H3,(H,22,23). The smallest absolute Gasteiger partial charge is 0.258 e. The molecule has 0 saturated heterocycles. The number of hydrogen-bond donors (Lipinski definition) is 1. The van der Waals surface area contributed by atoms with Gasteiger partial charge in [0.25, 0.3) is 5.91 Å². The lowest BCUT2D eigenvalue weighted by molar-refractivity contribution is -0.123. The number of carbonyl (C=O) groups excluding carboxylic acids is 1. The molecule has 26 heavy (non-hydrogen) atoms. The Labute approximate surface area is 159 Å². The highest BCUT2D eigenvalue weighted by Gasteiger charge is 2.16. The number of carbonyl (C=O) groups is 1. The SMILES string of the molecule is CC(NC(=O)COc1ccc(Br)cc1F)c1ccc2c(c1)OCCCO2. The van der Waals surface area contributed by atoms with Crippen LogP contribution in [-0.2, 0) is 4.79 Å². The Hall–Kier alpha value is -2.28. The minimum absolute atomic E-state index is 0.0339. The summed E-state index contributed by atoms with van der Waals surface area (Å²) in [5.41, 5.74) is 0.887. The van der Waals surface area contributed by atoms with E-state index in [0.717, 1.165) is 12.0 Å². The third-order valence-corrected chi connectivity index (χ3v) is 4.40. The Bertz CT molecular complexity index is 799. The van der Waals surface area contributed by atoms with Crippen molar-refractivity contribution in [2.45, 2.75) is 19.4 Å². The summed E-state index contributed by atoms with van der Waals surface area (Å²) in [6, 6.07) is 9.74. The molecule has 0 spiro atoms. The zero-order valence-electron chi connectivity index (χ0n) is 14.3. The fourth-order valence-electron chi connectivity index (χ4n) is 2.55. The number of hydrogen-bond acceptors (Lipinski definition) is 4. The number of benzene rings is 2. The van der Waals surface area contributed by atoms with Gasteiger partial charge in [-0.1, -0.05) is 22.0 Å². The number of nitrogens with one attached hydrogen (secondary N) is 1. The topological polar surface area (TPSA) is 56.8 Å². The maximum atomic E-state index is 13.7. The van der Waals surface area contributed by atoms with Crippen molar-refractivity contribution in [3.8, 4) is 17.2 Å². The van der Waals surface area contributed by atoms with Crippen molar-refractivity contribution in [3.05, 3.63) is 52.3 Å². The van der Waals surface area contributed by atoms with E-state index in [2.05, 4.69) is 21.2 Å². The van der Waals surface area contributed by atoms with Crippen molar-refractivity contribution in [2.75, 3.05) is 19.8 Å². The molecular weight excluding hydrogens is 405 g/mol. The van der Waals surface area contributed by atoms with Gasteiger partial charge in [0.2, 0.25) is 0 Å². The third kappa shape index (κ3) is 4.66. The van der Waals surface area contributed by atoms with Gasteiger partial charge in [-0.15, -0.1) is 0 Å². The maximum absolute atomic E-state index is 13.7. The van der Waals surface area contributed by atoms with E-state index in [1.54, 1.807) is 6.07 Å². The minimum atomic E-state index is -0.525. The molecule has 1 aliphatic heterocycles. The Morgan fingerprint density at radius 2 is 2.00 bits per heavy atom. The zero-order valence-corrected chi connectivity index (χ0v) is 15.8. The van der Waals surface area contributed by atoms with Gasteiger partial charge in [-0.3, -0.25) is 4.79 Å². The molecule has 2 aromatic rings. The highest BCUT2D eigenvalue weighted by molar-refractivity contribution is 9.10. The second-order valence-electron chi connectivity index (χ2n) is 5.91. The average Bonchev–Trinajstić information content (AvgIpc) is 2.85. The van der Waals surface area contributed by atoms with Crippen LogP contribution in [0.25, 0.3) is 0 Å². The molecule has 1 amide bonds. The predicted octanol–water partition coefficient (Wildman–Crippen LogP) is 4.01. The van der Waals surface area contributed by atoms with Crippen LogP contribution in [0.1, 0.15) is 24.9 Å². The molecule has 1 N–H and O–H groups in total. The second-order valence-corrected chi connectivity index (χ2v) is 6.82. The van der Waals surface area contributed by atoms with E-state index in [0.29, 0.717) is 29.2 Å². The number of rotatable bonds is 5. The lowest BCUT2D eigenvalue weighted by Crippen LogP contribution is -2.31. The van der Waals surface area contributed by atoms with Crippen LogP contribution in [0, 0.1) is 5.82 Å². The highest BCUT2D eigenvalue weighted by atomic mass is 79.9. The summed E-state index contributed by atoms with van der Waals surface area (Å²) in [5, 5.41) is 2.83. The average molecular weight is 424 g/mol. The number of amides is 1. The fraction of sp³-hybridized carbons (Fsp3) is 0.316. The molecule has 0 aliphatic carbocycles. The van der Waals surface area contributed by atoms with Crippen LogP contribution in [0.2, 0.25) is 0 Å². The molecule has 2 aromatic carbocycles. The van der Waals surface area contributed by atoms with Crippen molar-refractivity contribution in [1.82, 2.24) is 5.32 Å². The van der Waals surface area contributed by atoms with Gasteiger partial charge >= 0.3 is 0 Å². The first-order chi connectivity index (χ1) is 12.5. The van der Waals surface area contributed by atoms with Gasteiger partial charge < -0.3 is 19.5 Å². The fourth-order valence-corrected chi connectivity index (χ4v) is 2.88. The van der Waals surface area contributed by atoms with Crippen LogP contribution >= 0.6 is 15.9 Å². The lowest BCUT2D eigenvalue weighted by Gasteiger charge is -2.17. The molecule has 1 aliphatic rings. The van der Waals surface area contributed by atoms with Gasteiger partial charge in [0.15, 0.2) is 29.7 Å². The summed E-state index contributed by atoms with van der Waals surface area (Å²) < 4.78 is 30.8. The van der Waals surface area contributed by atoms with E-state index in [4.69, 9.17) is 14.2 Å². The molecular formula is C19H19BrFNO4. The Balaban J connectivity index is 1.58. The van der Waals surface area contributed by atoms with Crippen molar-refractivity contribution < 1.29 is 23.4 Å². The molecule has 5 nitrogen and oxygen atoms in total. The van der Waals surface area contributed by atoms with Crippen LogP contribution in [-0.4, -0.2) is 25.7 Å². The first-order valence-electron chi connectivity index (χ1n) is 8.29. The molecule has 0 radical (unpaired) electrons. The van der Waals surface area contributed by atoms with Crippen LogP contribution in [0.5, 0.6) is 17.2 Å². The molecule has 0 saturated carbocycles. The summed E-state index contributed by atoms with van der Waals surface area (Å²) in [7, 11) is 0. The van der Waals surface area contributed by atoms with Crippen molar-refractivity contribution in [3.63, 3.8) is 0 Å². The quantitative estimate of drug-likeness (QED) is 0.789. The van der Waals surface area contributed by atoms with Crippen LogP contribution in [0.4, 0.5) is 4.39 Å². The molecule has 1 atom stereocenters. The molecule has 7 heteroatoms. The van der Waals surface area contributed by atoms with Crippen molar-refractivity contribution in [1.29, 1.82) is 0 Å². The number of ether oxygens (including phenoxy) is 3. The van der Waals surface area contributed by atoms with Gasteiger partial charge in [-0.25, -0.2) is 4.39 Å². The summed E-state index contributed by atoms with van der Waals surface area (Å²) in [6.45, 7) is 2.82. The van der Waals surface area contributed by atoms with E-state index in [1.807, 2.05) is 25.1 Å². The van der Waals surface area contributed by atoms with Gasteiger partial charge in [-0.05, 0) is 42.8 Å². The van der Waals surface area contributed by atoms with Crippen LogP contribution in [0.3, 0.4) is 0 Å². The maximum Gasteiger partial charge on any atom is 0.258 e. The van der Waals surface area contributed by atoms with Gasteiger partial charge in [0.1, 0.15) is 0 Å². The molecule has 1 unspecified atom stereocenters. The van der Waals surface area contributed by atoms with E-state index < -0.39 is 5.82 Å². The van der Waals surface area contributed by atoms with E-state index in [9.17, 15) is 9.18 Å². The number of halogens is 2. The summed E-state index contributed by atoms with van der Waals surface area (Å²) in [6.07, 6.45) is 0.834. The van der Waals surface area contributed by atoms with Crippen molar-refractivity contribution in [2.24, 2.45) is 0 Å². The Kier molecular flexibility index (Phi) is 5.98. The summed E-state index contributed by atoms with van der Waals surface area (Å²) in [5.74, 6) is 0.551. The van der Waals surface area contributed by atoms with Gasteiger partial charge in [0, 0.05) is 10.9 Å². The molecule has 138 valence electrons. The van der Waals surface area contributed by atoms with E-state index in [-0.39, 0.29) is 24.3 Å². The molecule has 0 aromatic heterocycles. The zero-order chi connectivity index (χ0) is 18.5. The summed E-state index contributed by atoms with van der Waals surface area (Å²) >= 11 is 3.17. The predicted molar refractivity (Wildman–Crippen MR) is 98.2 cm³/mol. The Morgan fingerprint density at radius 3 is 2.77 bits per heavy atom. The lowest BCUT2D eigenvalue weighted by atomic mass is 10.1. The van der Waals surface area contributed by atoms with Gasteiger partial charge in [-0.2, -0.15) is 0 Å².